The average Bonchev–Trinajstić information content (AvgIpc) is 2.37. The molecule has 0 aliphatic carbocycles. The van der Waals surface area contributed by atoms with Crippen LogP contribution in [0, 0.1) is 5.92 Å². The molecule has 0 bridgehead atoms. The van der Waals surface area contributed by atoms with E-state index in [2.05, 4.69) is 24.3 Å². The van der Waals surface area contributed by atoms with Gasteiger partial charge in [-0.2, -0.15) is 0 Å². The van der Waals surface area contributed by atoms with Crippen LogP contribution in [0.25, 0.3) is 0 Å². The fourth-order valence-electron chi connectivity index (χ4n) is 2.48. The molecule has 0 aromatic rings. The Morgan fingerprint density at radius 1 is 1.30 bits per heavy atom. The second-order valence-corrected chi connectivity index (χ2v) is 6.08. The van der Waals surface area contributed by atoms with Crippen molar-refractivity contribution in [2.45, 2.75) is 45.2 Å². The minimum atomic E-state index is -0.879. The van der Waals surface area contributed by atoms with Crippen LogP contribution in [-0.4, -0.2) is 66.2 Å². The van der Waals surface area contributed by atoms with Crippen molar-refractivity contribution in [3.8, 4) is 0 Å². The van der Waals surface area contributed by atoms with Gasteiger partial charge in [0.05, 0.1) is 6.42 Å². The van der Waals surface area contributed by atoms with E-state index in [9.17, 15) is 9.59 Å². The third-order valence-corrected chi connectivity index (χ3v) is 3.99. The van der Waals surface area contributed by atoms with Crippen LogP contribution >= 0.6 is 0 Å². The molecule has 0 saturated carbocycles. The molecule has 1 aliphatic heterocycles. The van der Waals surface area contributed by atoms with Gasteiger partial charge in [0.25, 0.3) is 0 Å². The molecule has 0 spiro atoms. The lowest BCUT2D eigenvalue weighted by Crippen LogP contribution is -2.51. The molecule has 116 valence electrons. The third kappa shape index (κ3) is 5.00. The number of nitrogens with one attached hydrogen (secondary N) is 1. The normalized spacial score (nSPS) is 18.4. The lowest BCUT2D eigenvalue weighted by Gasteiger charge is -2.36. The van der Waals surface area contributed by atoms with Gasteiger partial charge in [-0.1, -0.05) is 13.8 Å². The van der Waals surface area contributed by atoms with E-state index in [-0.39, 0.29) is 24.4 Å². The Labute approximate surface area is 121 Å². The van der Waals surface area contributed by atoms with Crippen LogP contribution in [-0.2, 0) is 4.79 Å². The van der Waals surface area contributed by atoms with Crippen LogP contribution < -0.4 is 5.32 Å². The van der Waals surface area contributed by atoms with E-state index in [1.54, 1.807) is 4.90 Å². The number of hydrogen-bond donors (Lipinski definition) is 2. The van der Waals surface area contributed by atoms with Crippen molar-refractivity contribution in [3.05, 3.63) is 0 Å². The van der Waals surface area contributed by atoms with Crippen LogP contribution in [0.1, 0.15) is 33.1 Å². The molecule has 1 heterocycles. The largest absolute Gasteiger partial charge is 0.481 e. The molecule has 20 heavy (non-hydrogen) atoms. The maximum absolute atomic E-state index is 12.2. The number of hydrogen-bond acceptors (Lipinski definition) is 3. The Kier molecular flexibility index (Phi) is 6.26. The number of rotatable bonds is 5. The monoisotopic (exact) mass is 285 g/mol. The zero-order valence-electron chi connectivity index (χ0n) is 12.9. The molecule has 0 radical (unpaired) electrons. The molecule has 2 amide bonds. The minimum absolute atomic E-state index is 0.0302. The van der Waals surface area contributed by atoms with Crippen LogP contribution in [0.2, 0.25) is 0 Å². The predicted molar refractivity (Wildman–Crippen MR) is 77.7 cm³/mol. The summed E-state index contributed by atoms with van der Waals surface area (Å²) in [5.74, 6) is -0.773. The molecule has 2 N–H and O–H groups in total. The molecule has 1 fully saturated rings. The predicted octanol–water partition coefficient (Wildman–Crippen LogP) is 1.22. The van der Waals surface area contributed by atoms with Gasteiger partial charge in [-0.3, -0.25) is 4.79 Å². The number of carboxylic acid groups (broad SMARTS) is 1. The molecular formula is C14H27N3O3. The second-order valence-electron chi connectivity index (χ2n) is 6.08. The van der Waals surface area contributed by atoms with Crippen molar-refractivity contribution >= 4 is 12.0 Å². The van der Waals surface area contributed by atoms with E-state index in [1.807, 2.05) is 13.8 Å². The number of nitrogens with zero attached hydrogens (tertiary/aromatic N) is 2. The van der Waals surface area contributed by atoms with Gasteiger partial charge in [0, 0.05) is 25.2 Å². The van der Waals surface area contributed by atoms with E-state index >= 15 is 0 Å². The molecule has 1 atom stereocenters. The van der Waals surface area contributed by atoms with Crippen molar-refractivity contribution in [2.24, 2.45) is 5.92 Å². The summed E-state index contributed by atoms with van der Waals surface area (Å²) in [5, 5.41) is 11.7. The van der Waals surface area contributed by atoms with Gasteiger partial charge >= 0.3 is 12.0 Å². The Hall–Kier alpha value is -1.30. The Bertz CT molecular complexity index is 337. The third-order valence-electron chi connectivity index (χ3n) is 3.99. The molecular weight excluding hydrogens is 258 g/mol. The molecule has 1 aliphatic rings. The first kappa shape index (κ1) is 16.8. The number of aliphatic carboxylic acids is 1. The number of carbonyl (C=O) groups is 2. The van der Waals surface area contributed by atoms with Crippen LogP contribution in [0.4, 0.5) is 4.79 Å². The van der Waals surface area contributed by atoms with Gasteiger partial charge in [-0.15, -0.1) is 0 Å². The standard InChI is InChI=1S/C14H27N3O3/c1-10(2)12(9-13(18)19)15-14(20)17-7-5-11(6-8-17)16(3)4/h10-12H,5-9H2,1-4H3,(H,15,20)(H,18,19). The number of carboxylic acids is 1. The van der Waals surface area contributed by atoms with E-state index < -0.39 is 5.97 Å². The van der Waals surface area contributed by atoms with Crippen molar-refractivity contribution in [1.29, 1.82) is 0 Å². The summed E-state index contributed by atoms with van der Waals surface area (Å²) in [6.45, 7) is 5.30. The van der Waals surface area contributed by atoms with Gasteiger partial charge in [-0.05, 0) is 32.9 Å². The number of urea groups is 1. The highest BCUT2D eigenvalue weighted by Crippen LogP contribution is 2.15. The summed E-state index contributed by atoms with van der Waals surface area (Å²) in [6, 6.07) is 0.0766. The van der Waals surface area contributed by atoms with E-state index in [0.29, 0.717) is 6.04 Å². The van der Waals surface area contributed by atoms with E-state index in [0.717, 1.165) is 25.9 Å². The van der Waals surface area contributed by atoms with Crippen LogP contribution in [0.15, 0.2) is 0 Å². The van der Waals surface area contributed by atoms with Crippen molar-refractivity contribution in [2.75, 3.05) is 27.2 Å². The fourth-order valence-corrected chi connectivity index (χ4v) is 2.48. The van der Waals surface area contributed by atoms with Crippen LogP contribution in [0.3, 0.4) is 0 Å². The average molecular weight is 285 g/mol. The Balaban J connectivity index is 2.48. The molecule has 0 aromatic carbocycles. The highest BCUT2D eigenvalue weighted by molar-refractivity contribution is 5.76. The van der Waals surface area contributed by atoms with E-state index in [4.69, 9.17) is 5.11 Å². The Morgan fingerprint density at radius 2 is 1.85 bits per heavy atom. The van der Waals surface area contributed by atoms with Gasteiger partial charge < -0.3 is 20.2 Å². The summed E-state index contributed by atoms with van der Waals surface area (Å²) in [4.78, 5) is 27.0. The SMILES string of the molecule is CC(C)C(CC(=O)O)NC(=O)N1CCC(N(C)C)CC1. The minimum Gasteiger partial charge on any atom is -0.481 e. The van der Waals surface area contributed by atoms with Gasteiger partial charge in [0.15, 0.2) is 0 Å². The lowest BCUT2D eigenvalue weighted by molar-refractivity contribution is -0.137. The molecule has 1 rings (SSSR count). The van der Waals surface area contributed by atoms with Crippen molar-refractivity contribution in [1.82, 2.24) is 15.1 Å². The second kappa shape index (κ2) is 7.47. The number of amides is 2. The van der Waals surface area contributed by atoms with Gasteiger partial charge in [0.2, 0.25) is 0 Å². The number of piperidine rings is 1. The topological polar surface area (TPSA) is 72.9 Å². The molecule has 1 unspecified atom stereocenters. The summed E-state index contributed by atoms with van der Waals surface area (Å²) in [6.07, 6.45) is 1.90. The smallest absolute Gasteiger partial charge is 0.317 e. The molecule has 1 saturated heterocycles. The Morgan fingerprint density at radius 3 is 2.25 bits per heavy atom. The molecule has 6 heteroatoms. The summed E-state index contributed by atoms with van der Waals surface area (Å²) >= 11 is 0. The number of likely N-dealkylation sites (tertiary alicyclic amines) is 1. The van der Waals surface area contributed by atoms with Crippen molar-refractivity contribution in [3.63, 3.8) is 0 Å². The zero-order chi connectivity index (χ0) is 15.3. The highest BCUT2D eigenvalue weighted by Gasteiger charge is 2.26. The maximum Gasteiger partial charge on any atom is 0.317 e. The molecule has 6 nitrogen and oxygen atoms in total. The van der Waals surface area contributed by atoms with Crippen molar-refractivity contribution < 1.29 is 14.7 Å². The maximum atomic E-state index is 12.2. The van der Waals surface area contributed by atoms with Crippen LogP contribution in [0.5, 0.6) is 0 Å². The molecule has 0 aromatic heterocycles. The summed E-state index contributed by atoms with van der Waals surface area (Å²) in [5.41, 5.74) is 0. The summed E-state index contributed by atoms with van der Waals surface area (Å²) in [7, 11) is 4.12. The zero-order valence-corrected chi connectivity index (χ0v) is 12.9. The first-order valence-corrected chi connectivity index (χ1v) is 7.25. The van der Waals surface area contributed by atoms with E-state index in [1.165, 1.54) is 0 Å². The quantitative estimate of drug-likeness (QED) is 0.796. The number of carbonyl (C=O) groups excluding carboxylic acids is 1. The summed E-state index contributed by atoms with van der Waals surface area (Å²) < 4.78 is 0. The first-order valence-electron chi connectivity index (χ1n) is 7.25. The van der Waals surface area contributed by atoms with Gasteiger partial charge in [0.1, 0.15) is 0 Å². The first-order chi connectivity index (χ1) is 9.31. The highest BCUT2D eigenvalue weighted by atomic mass is 16.4. The van der Waals surface area contributed by atoms with Gasteiger partial charge in [-0.25, -0.2) is 4.79 Å². The lowest BCUT2D eigenvalue weighted by atomic mass is 10.0. The fraction of sp³-hybridized carbons (Fsp3) is 0.857.